The summed E-state index contributed by atoms with van der Waals surface area (Å²) in [6.07, 6.45) is 1.73. The zero-order valence-electron chi connectivity index (χ0n) is 18.3. The maximum absolute atomic E-state index is 12.8. The van der Waals surface area contributed by atoms with E-state index in [1.807, 2.05) is 6.92 Å². The number of carbonyl (C=O) groups excluding carboxylic acids is 3. The van der Waals surface area contributed by atoms with Crippen LogP contribution in [-0.4, -0.2) is 36.5 Å². The van der Waals surface area contributed by atoms with Crippen LogP contribution in [0.15, 0.2) is 59.8 Å². The van der Waals surface area contributed by atoms with E-state index in [1.165, 1.54) is 7.11 Å². The number of esters is 1. The standard InChI is InChI=1S/C24H26ClN3O4/c1-4-5-12-28-15(2)20(23(30)32-3)21(27-24(28)31)16-8-7-11-19(14-16)26-22(29)17-9-6-10-18(25)13-17/h6-11,13-14,21H,4-5,12H2,1-3H3,(H,26,29)(H,27,31)/t21-/m0/s1. The first-order valence-corrected chi connectivity index (χ1v) is 10.8. The Hall–Kier alpha value is -3.32. The Bertz CT molecular complexity index is 1070. The van der Waals surface area contributed by atoms with E-state index in [1.54, 1.807) is 60.4 Å². The van der Waals surface area contributed by atoms with E-state index in [4.69, 9.17) is 16.3 Å². The molecule has 1 atom stereocenters. The molecule has 7 nitrogen and oxygen atoms in total. The largest absolute Gasteiger partial charge is 0.466 e. The van der Waals surface area contributed by atoms with Crippen LogP contribution in [0.2, 0.25) is 5.02 Å². The Balaban J connectivity index is 1.92. The molecule has 3 rings (SSSR count). The van der Waals surface area contributed by atoms with Gasteiger partial charge in [0, 0.05) is 28.5 Å². The number of hydrogen-bond donors (Lipinski definition) is 2. The quantitative estimate of drug-likeness (QED) is 0.581. The third-order valence-corrected chi connectivity index (χ3v) is 5.54. The monoisotopic (exact) mass is 455 g/mol. The van der Waals surface area contributed by atoms with Crippen molar-refractivity contribution in [3.8, 4) is 0 Å². The number of rotatable bonds is 7. The average molecular weight is 456 g/mol. The highest BCUT2D eigenvalue weighted by Gasteiger charge is 2.36. The van der Waals surface area contributed by atoms with Gasteiger partial charge in [0.1, 0.15) is 0 Å². The highest BCUT2D eigenvalue weighted by Crippen LogP contribution is 2.32. The predicted octanol–water partition coefficient (Wildman–Crippen LogP) is 4.91. The van der Waals surface area contributed by atoms with Crippen molar-refractivity contribution in [2.24, 2.45) is 0 Å². The summed E-state index contributed by atoms with van der Waals surface area (Å²) >= 11 is 5.98. The average Bonchev–Trinajstić information content (AvgIpc) is 2.78. The summed E-state index contributed by atoms with van der Waals surface area (Å²) in [6, 6.07) is 12.7. The van der Waals surface area contributed by atoms with Crippen LogP contribution in [0.1, 0.15) is 48.7 Å². The van der Waals surface area contributed by atoms with E-state index >= 15 is 0 Å². The molecular weight excluding hydrogens is 430 g/mol. The number of unbranched alkanes of at least 4 members (excludes halogenated alkanes) is 1. The van der Waals surface area contributed by atoms with Crippen molar-refractivity contribution < 1.29 is 19.1 Å². The van der Waals surface area contributed by atoms with Gasteiger partial charge < -0.3 is 15.4 Å². The Morgan fingerprint density at radius 2 is 1.94 bits per heavy atom. The molecular formula is C24H26ClN3O4. The van der Waals surface area contributed by atoms with Crippen molar-refractivity contribution >= 4 is 35.2 Å². The predicted molar refractivity (Wildman–Crippen MR) is 123 cm³/mol. The number of anilines is 1. The molecule has 0 spiro atoms. The first-order valence-electron chi connectivity index (χ1n) is 10.4. The van der Waals surface area contributed by atoms with Crippen LogP contribution in [0.4, 0.5) is 10.5 Å². The molecule has 32 heavy (non-hydrogen) atoms. The van der Waals surface area contributed by atoms with Crippen LogP contribution in [0, 0.1) is 0 Å². The second kappa shape index (κ2) is 10.3. The molecule has 8 heteroatoms. The molecule has 0 aliphatic carbocycles. The third-order valence-electron chi connectivity index (χ3n) is 5.30. The zero-order valence-corrected chi connectivity index (χ0v) is 19.0. The van der Waals surface area contributed by atoms with Crippen molar-refractivity contribution in [2.45, 2.75) is 32.7 Å². The molecule has 1 aliphatic heterocycles. The minimum absolute atomic E-state index is 0.276. The van der Waals surface area contributed by atoms with Crippen LogP contribution in [0.3, 0.4) is 0 Å². The molecule has 168 valence electrons. The van der Waals surface area contributed by atoms with E-state index in [2.05, 4.69) is 10.6 Å². The number of ether oxygens (including phenoxy) is 1. The summed E-state index contributed by atoms with van der Waals surface area (Å²) in [5.74, 6) is -0.828. The van der Waals surface area contributed by atoms with Gasteiger partial charge >= 0.3 is 12.0 Å². The molecule has 2 N–H and O–H groups in total. The molecule has 0 radical (unpaired) electrons. The molecule has 3 amide bonds. The Kier molecular flexibility index (Phi) is 7.53. The van der Waals surface area contributed by atoms with Crippen LogP contribution in [0.5, 0.6) is 0 Å². The van der Waals surface area contributed by atoms with Crippen LogP contribution >= 0.6 is 11.6 Å². The fourth-order valence-corrected chi connectivity index (χ4v) is 3.81. The van der Waals surface area contributed by atoms with Crippen molar-refractivity contribution in [3.05, 3.63) is 76.0 Å². The van der Waals surface area contributed by atoms with E-state index in [9.17, 15) is 14.4 Å². The van der Waals surface area contributed by atoms with E-state index in [0.717, 1.165) is 12.8 Å². The van der Waals surface area contributed by atoms with Crippen molar-refractivity contribution in [2.75, 3.05) is 19.0 Å². The van der Waals surface area contributed by atoms with Gasteiger partial charge in [0.2, 0.25) is 0 Å². The molecule has 2 aromatic rings. The van der Waals surface area contributed by atoms with Gasteiger partial charge in [-0.15, -0.1) is 0 Å². The lowest BCUT2D eigenvalue weighted by Gasteiger charge is -2.35. The van der Waals surface area contributed by atoms with Gasteiger partial charge in [0.25, 0.3) is 5.91 Å². The first kappa shape index (κ1) is 23.3. The second-order valence-electron chi connectivity index (χ2n) is 7.47. The summed E-state index contributed by atoms with van der Waals surface area (Å²) in [5.41, 5.74) is 2.52. The van der Waals surface area contributed by atoms with Gasteiger partial charge in [-0.3, -0.25) is 9.69 Å². The number of halogens is 1. The Labute approximate surface area is 192 Å². The second-order valence-corrected chi connectivity index (χ2v) is 7.90. The van der Waals surface area contributed by atoms with Crippen molar-refractivity contribution in [3.63, 3.8) is 0 Å². The highest BCUT2D eigenvalue weighted by atomic mass is 35.5. The number of amides is 3. The van der Waals surface area contributed by atoms with Gasteiger partial charge in [0.05, 0.1) is 18.7 Å². The van der Waals surface area contributed by atoms with Gasteiger partial charge in [-0.2, -0.15) is 0 Å². The summed E-state index contributed by atoms with van der Waals surface area (Å²) in [6.45, 7) is 4.30. The zero-order chi connectivity index (χ0) is 23.3. The minimum Gasteiger partial charge on any atom is -0.466 e. The Morgan fingerprint density at radius 1 is 1.19 bits per heavy atom. The maximum atomic E-state index is 12.8. The molecule has 0 fully saturated rings. The highest BCUT2D eigenvalue weighted by molar-refractivity contribution is 6.31. The SMILES string of the molecule is CCCCN1C(=O)N[C@@H](c2cccc(NC(=O)c3cccc(Cl)c3)c2)C(C(=O)OC)=C1C. The summed E-state index contributed by atoms with van der Waals surface area (Å²) in [5, 5.41) is 6.20. The number of nitrogens with one attached hydrogen (secondary N) is 2. The summed E-state index contributed by atoms with van der Waals surface area (Å²) < 4.78 is 5.01. The molecule has 0 saturated heterocycles. The van der Waals surface area contributed by atoms with E-state index in [0.29, 0.717) is 39.7 Å². The van der Waals surface area contributed by atoms with Crippen LogP contribution in [0.25, 0.3) is 0 Å². The Morgan fingerprint density at radius 3 is 2.62 bits per heavy atom. The summed E-state index contributed by atoms with van der Waals surface area (Å²) in [7, 11) is 1.31. The van der Waals surface area contributed by atoms with Crippen molar-refractivity contribution in [1.82, 2.24) is 10.2 Å². The lowest BCUT2D eigenvalue weighted by molar-refractivity contribution is -0.136. The number of methoxy groups -OCH3 is 1. The minimum atomic E-state index is -0.698. The molecule has 1 heterocycles. The maximum Gasteiger partial charge on any atom is 0.337 e. The summed E-state index contributed by atoms with van der Waals surface area (Å²) in [4.78, 5) is 39.6. The lowest BCUT2D eigenvalue weighted by atomic mass is 9.94. The third kappa shape index (κ3) is 5.11. The smallest absolute Gasteiger partial charge is 0.337 e. The molecule has 0 bridgehead atoms. The normalized spacial score (nSPS) is 15.9. The number of urea groups is 1. The van der Waals surface area contributed by atoms with Gasteiger partial charge in [-0.05, 0) is 49.2 Å². The van der Waals surface area contributed by atoms with Gasteiger partial charge in [-0.25, -0.2) is 9.59 Å². The number of hydrogen-bond acceptors (Lipinski definition) is 4. The molecule has 0 saturated carbocycles. The van der Waals surface area contributed by atoms with Crippen LogP contribution in [-0.2, 0) is 9.53 Å². The molecule has 1 aliphatic rings. The van der Waals surface area contributed by atoms with E-state index in [-0.39, 0.29) is 11.9 Å². The lowest BCUT2D eigenvalue weighted by Crippen LogP contribution is -2.48. The van der Waals surface area contributed by atoms with E-state index < -0.39 is 12.0 Å². The molecule has 0 unspecified atom stereocenters. The topological polar surface area (TPSA) is 87.7 Å². The van der Waals surface area contributed by atoms with Gasteiger partial charge in [0.15, 0.2) is 0 Å². The molecule has 2 aromatic carbocycles. The fraction of sp³-hybridized carbons (Fsp3) is 0.292. The van der Waals surface area contributed by atoms with Gasteiger partial charge in [-0.1, -0.05) is 43.1 Å². The molecule has 0 aromatic heterocycles. The first-order chi connectivity index (χ1) is 15.3. The van der Waals surface area contributed by atoms with Crippen molar-refractivity contribution in [1.29, 1.82) is 0 Å². The number of benzene rings is 2. The van der Waals surface area contributed by atoms with Crippen LogP contribution < -0.4 is 10.6 Å². The number of carbonyl (C=O) groups is 3. The fourth-order valence-electron chi connectivity index (χ4n) is 3.62. The number of allylic oxidation sites excluding steroid dienone is 1. The number of nitrogens with zero attached hydrogens (tertiary/aromatic N) is 1.